The third-order valence-corrected chi connectivity index (χ3v) is 7.45. The highest BCUT2D eigenvalue weighted by Crippen LogP contribution is 2.42. The number of piperidine rings is 1. The lowest BCUT2D eigenvalue weighted by atomic mass is 9.77. The molecule has 8 heteroatoms. The molecule has 0 atom stereocenters. The molecule has 5 rings (SSSR count). The highest BCUT2D eigenvalue weighted by molar-refractivity contribution is 5.97. The molecule has 1 aliphatic carbocycles. The van der Waals surface area contributed by atoms with Crippen LogP contribution in [-0.2, 0) is 5.67 Å². The number of nitrogens with one attached hydrogen (secondary N) is 1. The summed E-state index contributed by atoms with van der Waals surface area (Å²) in [5, 5.41) is 8.38. The predicted molar refractivity (Wildman–Crippen MR) is 133 cm³/mol. The molecular weight excluding hydrogens is 445 g/mol. The monoisotopic (exact) mass is 477 g/mol. The van der Waals surface area contributed by atoms with E-state index >= 15 is 4.39 Å². The number of ether oxygens (including phenoxy) is 1. The van der Waals surface area contributed by atoms with Gasteiger partial charge >= 0.3 is 6.01 Å². The summed E-state index contributed by atoms with van der Waals surface area (Å²) in [7, 11) is 0. The molecule has 35 heavy (non-hydrogen) atoms. The number of benzene rings is 2. The van der Waals surface area contributed by atoms with Crippen LogP contribution >= 0.6 is 0 Å². The summed E-state index contributed by atoms with van der Waals surface area (Å²) < 4.78 is 21.1. The molecule has 1 amide bonds. The van der Waals surface area contributed by atoms with Crippen molar-refractivity contribution in [2.75, 3.05) is 25.4 Å². The van der Waals surface area contributed by atoms with E-state index < -0.39 is 5.67 Å². The number of aryl methyl sites for hydroxylation is 1. The number of hydrogen-bond acceptors (Lipinski definition) is 5. The Bertz CT molecular complexity index is 1210. The van der Waals surface area contributed by atoms with E-state index in [9.17, 15) is 4.79 Å². The first-order valence-electron chi connectivity index (χ1n) is 12.4. The van der Waals surface area contributed by atoms with Crippen molar-refractivity contribution in [1.29, 1.82) is 0 Å². The van der Waals surface area contributed by atoms with Crippen molar-refractivity contribution in [3.8, 4) is 17.4 Å². The molecule has 184 valence electrons. The van der Waals surface area contributed by atoms with Crippen LogP contribution in [0.4, 0.5) is 10.1 Å². The number of hydrogen-bond donors (Lipinski definition) is 2. The number of carbonyl (C=O) groups is 1. The number of anilines is 1. The number of likely N-dealkylation sites (tertiary alicyclic amines) is 1. The van der Waals surface area contributed by atoms with Crippen LogP contribution in [0.5, 0.6) is 6.01 Å². The third kappa shape index (κ3) is 4.49. The fraction of sp³-hybridized carbons (Fsp3) is 0.444. The van der Waals surface area contributed by atoms with Gasteiger partial charge in [-0.1, -0.05) is 29.7 Å². The van der Waals surface area contributed by atoms with Crippen molar-refractivity contribution in [2.24, 2.45) is 0 Å². The second-order valence-electron chi connectivity index (χ2n) is 9.67. The van der Waals surface area contributed by atoms with Crippen LogP contribution in [0.3, 0.4) is 0 Å². The summed E-state index contributed by atoms with van der Waals surface area (Å²) in [4.78, 5) is 18.5. The van der Waals surface area contributed by atoms with Crippen LogP contribution in [0.15, 0.2) is 36.4 Å². The number of halogens is 1. The summed E-state index contributed by atoms with van der Waals surface area (Å²) in [6.45, 7) is 5.07. The first-order chi connectivity index (χ1) is 16.9. The van der Waals surface area contributed by atoms with Crippen molar-refractivity contribution in [3.05, 3.63) is 58.7 Å². The minimum absolute atomic E-state index is 0.0761. The number of carbonyl (C=O) groups excluding carboxylic acids is 1. The van der Waals surface area contributed by atoms with E-state index in [4.69, 9.17) is 10.5 Å². The Labute approximate surface area is 204 Å². The Morgan fingerprint density at radius 3 is 2.54 bits per heavy atom. The molecule has 1 saturated carbocycles. The first-order valence-corrected chi connectivity index (χ1v) is 12.4. The largest absolute Gasteiger partial charge is 0.464 e. The lowest BCUT2D eigenvalue weighted by Gasteiger charge is -2.37. The van der Waals surface area contributed by atoms with E-state index in [0.29, 0.717) is 54.3 Å². The molecule has 1 aliphatic heterocycles. The molecule has 2 fully saturated rings. The van der Waals surface area contributed by atoms with Gasteiger partial charge in [-0.3, -0.25) is 9.78 Å². The van der Waals surface area contributed by atoms with Gasteiger partial charge in [-0.2, -0.15) is 0 Å². The molecular formula is C27H32FN5O2. The highest BCUT2D eigenvalue weighted by atomic mass is 19.1. The predicted octanol–water partition coefficient (Wildman–Crippen LogP) is 5.13. The van der Waals surface area contributed by atoms with Crippen LogP contribution in [0.2, 0.25) is 0 Å². The number of nitrogens with zero attached hydrogens (tertiary/aromatic N) is 3. The Balaban J connectivity index is 1.40. The fourth-order valence-corrected chi connectivity index (χ4v) is 5.10. The Morgan fingerprint density at radius 1 is 1.20 bits per heavy atom. The van der Waals surface area contributed by atoms with Crippen LogP contribution in [0.25, 0.3) is 11.4 Å². The van der Waals surface area contributed by atoms with Crippen molar-refractivity contribution in [2.45, 2.75) is 57.5 Å². The molecule has 3 N–H and O–H groups in total. The van der Waals surface area contributed by atoms with Gasteiger partial charge in [0.2, 0.25) is 0 Å². The average Bonchev–Trinajstić information content (AvgIpc) is 3.27. The summed E-state index contributed by atoms with van der Waals surface area (Å²) >= 11 is 0. The summed E-state index contributed by atoms with van der Waals surface area (Å²) in [5.74, 6) is 0.984. The van der Waals surface area contributed by atoms with E-state index in [2.05, 4.69) is 21.2 Å². The van der Waals surface area contributed by atoms with Crippen molar-refractivity contribution in [1.82, 2.24) is 20.1 Å². The number of nitrogens with two attached hydrogens (primary N) is 1. The molecule has 0 radical (unpaired) electrons. The Kier molecular flexibility index (Phi) is 6.21. The lowest BCUT2D eigenvalue weighted by Crippen LogP contribution is -2.43. The van der Waals surface area contributed by atoms with Crippen molar-refractivity contribution in [3.63, 3.8) is 0 Å². The molecule has 7 nitrogen and oxygen atoms in total. The first kappa shape index (κ1) is 23.3. The van der Waals surface area contributed by atoms with E-state index in [1.165, 1.54) is 12.0 Å². The maximum absolute atomic E-state index is 15.7. The molecule has 2 heterocycles. The van der Waals surface area contributed by atoms with E-state index in [1.807, 2.05) is 19.9 Å². The Hall–Kier alpha value is -3.42. The zero-order valence-corrected chi connectivity index (χ0v) is 20.3. The van der Waals surface area contributed by atoms with Gasteiger partial charge in [-0.25, -0.2) is 4.39 Å². The minimum atomic E-state index is -1.45. The molecule has 1 aromatic heterocycles. The number of nitrogen functional groups attached to an aromatic ring is 1. The number of aromatic amines is 1. The van der Waals surface area contributed by atoms with E-state index in [-0.39, 0.29) is 18.7 Å². The van der Waals surface area contributed by atoms with Gasteiger partial charge in [-0.15, -0.1) is 5.10 Å². The van der Waals surface area contributed by atoms with Gasteiger partial charge in [0.25, 0.3) is 5.91 Å². The number of alkyl halides is 1. The topological polar surface area (TPSA) is 97.1 Å². The smallest absolute Gasteiger partial charge is 0.314 e. The zero-order valence-electron chi connectivity index (χ0n) is 20.3. The quantitative estimate of drug-likeness (QED) is 0.480. The second-order valence-corrected chi connectivity index (χ2v) is 9.67. The summed E-state index contributed by atoms with van der Waals surface area (Å²) in [6, 6.07) is 11.4. The van der Waals surface area contributed by atoms with Gasteiger partial charge in [-0.05, 0) is 67.5 Å². The number of H-pyrrole nitrogens is 1. The van der Waals surface area contributed by atoms with Gasteiger partial charge in [0.05, 0.1) is 6.61 Å². The molecule has 1 saturated heterocycles. The van der Waals surface area contributed by atoms with Gasteiger partial charge in [0.15, 0.2) is 5.82 Å². The molecule has 2 aliphatic rings. The van der Waals surface area contributed by atoms with Gasteiger partial charge in [0.1, 0.15) is 5.67 Å². The lowest BCUT2D eigenvalue weighted by molar-refractivity contribution is 0.0421. The van der Waals surface area contributed by atoms with Crippen molar-refractivity contribution >= 4 is 11.6 Å². The Morgan fingerprint density at radius 2 is 1.91 bits per heavy atom. The number of amides is 1. The fourth-order valence-electron chi connectivity index (χ4n) is 5.10. The van der Waals surface area contributed by atoms with Crippen LogP contribution < -0.4 is 10.5 Å². The number of aromatic nitrogens is 3. The van der Waals surface area contributed by atoms with Crippen LogP contribution in [0.1, 0.15) is 72.0 Å². The maximum Gasteiger partial charge on any atom is 0.314 e. The molecule has 0 unspecified atom stereocenters. The minimum Gasteiger partial charge on any atom is -0.464 e. The molecule has 2 aromatic carbocycles. The van der Waals surface area contributed by atoms with Crippen LogP contribution in [0, 0.1) is 6.92 Å². The molecule has 0 bridgehead atoms. The van der Waals surface area contributed by atoms with Gasteiger partial charge < -0.3 is 15.4 Å². The highest BCUT2D eigenvalue weighted by Gasteiger charge is 2.38. The molecule has 3 aromatic rings. The third-order valence-electron chi connectivity index (χ3n) is 7.45. The average molecular weight is 478 g/mol. The zero-order chi connectivity index (χ0) is 24.6. The number of rotatable bonds is 6. The summed E-state index contributed by atoms with van der Waals surface area (Å²) in [6.07, 6.45) is 3.98. The van der Waals surface area contributed by atoms with E-state index in [1.54, 1.807) is 29.2 Å². The second kappa shape index (κ2) is 9.32. The van der Waals surface area contributed by atoms with Gasteiger partial charge in [0, 0.05) is 42.7 Å². The maximum atomic E-state index is 15.7. The van der Waals surface area contributed by atoms with E-state index in [0.717, 1.165) is 24.0 Å². The standard InChI is InChI=1S/C27H32FN5O2/c1-3-35-26-30-24(31-32-26)23-16-21(17(2)15-22(23)18-5-4-6-18)25(34)33-13-11-27(28,12-14-33)19-7-9-20(29)10-8-19/h7-10,15-16,18H,3-6,11-14,29H2,1-2H3,(H,30,31,32). The summed E-state index contributed by atoms with van der Waals surface area (Å²) in [5.41, 5.74) is 9.18. The van der Waals surface area contributed by atoms with Crippen molar-refractivity contribution < 1.29 is 13.9 Å². The van der Waals surface area contributed by atoms with Crippen LogP contribution in [-0.4, -0.2) is 45.7 Å². The molecule has 0 spiro atoms. The SMILES string of the molecule is CCOc1nnc(-c2cc(C(=O)N3CCC(F)(c4ccc(N)cc4)CC3)c(C)cc2C2CCC2)[nH]1. The normalized spacial score (nSPS) is 17.7.